The normalized spacial score (nSPS) is 13.8. The summed E-state index contributed by atoms with van der Waals surface area (Å²) < 4.78 is 0.857. The van der Waals surface area contributed by atoms with Crippen LogP contribution in [0.3, 0.4) is 0 Å². The van der Waals surface area contributed by atoms with Gasteiger partial charge in [0.25, 0.3) is 0 Å². The maximum atomic E-state index is 4.91. The van der Waals surface area contributed by atoms with Gasteiger partial charge in [0, 0.05) is 22.5 Å². The molecule has 0 aliphatic heterocycles. The average Bonchev–Trinajstić information content (AvgIpc) is 2.56. The van der Waals surface area contributed by atoms with Gasteiger partial charge in [-0.05, 0) is 18.9 Å². The van der Waals surface area contributed by atoms with Crippen LogP contribution in [0.4, 0.5) is 0 Å². The Balaban J connectivity index is 3.18. The first-order valence-electron chi connectivity index (χ1n) is 7.66. The zero-order valence-electron chi connectivity index (χ0n) is 13.7. The minimum Gasteiger partial charge on any atom is -0.257 e. The number of nitrogens with zero attached hydrogens (tertiary/aromatic N) is 1. The van der Waals surface area contributed by atoms with Crippen molar-refractivity contribution >= 4 is 21.6 Å². The molecule has 0 spiro atoms. The highest BCUT2D eigenvalue weighted by Crippen LogP contribution is 2.19. The molecule has 120 valence electrons. The zero-order valence-corrected chi connectivity index (χ0v) is 15.3. The van der Waals surface area contributed by atoms with E-state index < -0.39 is 0 Å². The molecule has 0 aliphatic carbocycles. The highest BCUT2D eigenvalue weighted by Gasteiger charge is 2.13. The van der Waals surface area contributed by atoms with Crippen molar-refractivity contribution in [3.63, 3.8) is 0 Å². The Morgan fingerprint density at radius 2 is 1.96 bits per heavy atom. The van der Waals surface area contributed by atoms with Crippen molar-refractivity contribution in [1.29, 1.82) is 0 Å². The van der Waals surface area contributed by atoms with E-state index in [1.807, 2.05) is 49.4 Å². The molecule has 0 fully saturated rings. The predicted octanol–water partition coefficient (Wildman–Crippen LogP) is 6.61. The molecule has 1 rings (SSSR count). The van der Waals surface area contributed by atoms with Crippen LogP contribution in [0.1, 0.15) is 25.3 Å². The van der Waals surface area contributed by atoms with Gasteiger partial charge in [-0.2, -0.15) is 0 Å². The smallest absolute Gasteiger partial charge is 0.0550 e. The van der Waals surface area contributed by atoms with Gasteiger partial charge in [0.2, 0.25) is 0 Å². The van der Waals surface area contributed by atoms with Crippen LogP contribution in [-0.4, -0.2) is 5.71 Å². The number of halogens is 1. The summed E-state index contributed by atoms with van der Waals surface area (Å²) in [6.07, 6.45) is 11.5. The Morgan fingerprint density at radius 3 is 2.48 bits per heavy atom. The fourth-order valence-corrected chi connectivity index (χ4v) is 2.35. The number of aliphatic imine (C=N–C) groups is 1. The lowest BCUT2D eigenvalue weighted by molar-refractivity contribution is 0.878. The summed E-state index contributed by atoms with van der Waals surface area (Å²) in [6.45, 7) is 13.6. The van der Waals surface area contributed by atoms with E-state index in [1.165, 1.54) is 0 Å². The van der Waals surface area contributed by atoms with Crippen LogP contribution in [0.5, 0.6) is 0 Å². The SMILES string of the molecule is C=CCC(C=C)C(=N/C(=C/C)CC=CC(=C)Br)c1ccccc1. The van der Waals surface area contributed by atoms with E-state index >= 15 is 0 Å². The standard InChI is InChI=1S/C21H24BrN/c1-5-12-18(6-2)21(19-14-9-8-10-15-19)23-20(7-3)16-11-13-17(4)22/h5-11,13-15,18H,1-2,4,12,16H2,3H3/b13-11?,20-7+,23-21?. The van der Waals surface area contributed by atoms with Gasteiger partial charge in [-0.1, -0.05) is 83.2 Å². The van der Waals surface area contributed by atoms with Crippen LogP contribution in [0.2, 0.25) is 0 Å². The summed E-state index contributed by atoms with van der Waals surface area (Å²) in [5.41, 5.74) is 3.16. The highest BCUT2D eigenvalue weighted by molar-refractivity contribution is 9.11. The van der Waals surface area contributed by atoms with Gasteiger partial charge in [0.15, 0.2) is 0 Å². The van der Waals surface area contributed by atoms with E-state index in [9.17, 15) is 0 Å². The summed E-state index contributed by atoms with van der Waals surface area (Å²) in [6, 6.07) is 10.2. The molecule has 0 saturated heterocycles. The molecule has 0 aromatic heterocycles. The Hall–Kier alpha value is -1.93. The lowest BCUT2D eigenvalue weighted by atomic mass is 9.93. The third kappa shape index (κ3) is 6.79. The fraction of sp³-hybridized carbons (Fsp3) is 0.190. The Kier molecular flexibility index (Phi) is 8.93. The van der Waals surface area contributed by atoms with Gasteiger partial charge in [-0.15, -0.1) is 13.2 Å². The second kappa shape index (κ2) is 10.7. The largest absolute Gasteiger partial charge is 0.257 e. The third-order valence-corrected chi connectivity index (χ3v) is 3.61. The number of allylic oxidation sites excluding steroid dienone is 6. The number of rotatable bonds is 9. The number of hydrogen-bond acceptors (Lipinski definition) is 1. The molecule has 0 heterocycles. The fourth-order valence-electron chi connectivity index (χ4n) is 2.16. The Morgan fingerprint density at radius 1 is 1.26 bits per heavy atom. The summed E-state index contributed by atoms with van der Waals surface area (Å²) in [5, 5.41) is 0. The summed E-state index contributed by atoms with van der Waals surface area (Å²) in [7, 11) is 0. The molecular formula is C21H24BrN. The van der Waals surface area contributed by atoms with Crippen LogP contribution in [0, 0.1) is 5.92 Å². The molecule has 1 nitrogen and oxygen atoms in total. The van der Waals surface area contributed by atoms with Gasteiger partial charge >= 0.3 is 0 Å². The van der Waals surface area contributed by atoms with Gasteiger partial charge < -0.3 is 0 Å². The summed E-state index contributed by atoms with van der Waals surface area (Å²) in [5.74, 6) is 0.153. The molecule has 2 heteroatoms. The molecule has 0 saturated carbocycles. The molecule has 0 amide bonds. The molecule has 1 unspecified atom stereocenters. The molecule has 1 aromatic rings. The predicted molar refractivity (Wildman–Crippen MR) is 107 cm³/mol. The Labute approximate surface area is 148 Å². The molecule has 1 aromatic carbocycles. The topological polar surface area (TPSA) is 12.4 Å². The first kappa shape index (κ1) is 19.1. The van der Waals surface area contributed by atoms with E-state index in [0.717, 1.165) is 34.3 Å². The number of hydrogen-bond donors (Lipinski definition) is 0. The molecule has 0 N–H and O–H groups in total. The summed E-state index contributed by atoms with van der Waals surface area (Å²) >= 11 is 3.33. The molecule has 0 aliphatic rings. The molecule has 23 heavy (non-hydrogen) atoms. The van der Waals surface area contributed by atoms with Crippen molar-refractivity contribution in [2.45, 2.75) is 19.8 Å². The average molecular weight is 370 g/mol. The van der Waals surface area contributed by atoms with Crippen molar-refractivity contribution in [2.24, 2.45) is 10.9 Å². The van der Waals surface area contributed by atoms with Crippen molar-refractivity contribution < 1.29 is 0 Å². The van der Waals surface area contributed by atoms with E-state index in [-0.39, 0.29) is 5.92 Å². The second-order valence-electron chi connectivity index (χ2n) is 5.06. The van der Waals surface area contributed by atoms with Crippen LogP contribution < -0.4 is 0 Å². The van der Waals surface area contributed by atoms with E-state index in [2.05, 4.69) is 53.9 Å². The minimum atomic E-state index is 0.153. The van der Waals surface area contributed by atoms with Crippen molar-refractivity contribution in [3.05, 3.63) is 96.2 Å². The second-order valence-corrected chi connectivity index (χ2v) is 6.08. The lowest BCUT2D eigenvalue weighted by Crippen LogP contribution is -2.13. The van der Waals surface area contributed by atoms with E-state index in [1.54, 1.807) is 0 Å². The van der Waals surface area contributed by atoms with Crippen LogP contribution in [0.25, 0.3) is 0 Å². The summed E-state index contributed by atoms with van der Waals surface area (Å²) in [4.78, 5) is 4.91. The van der Waals surface area contributed by atoms with Gasteiger partial charge in [0.1, 0.15) is 0 Å². The van der Waals surface area contributed by atoms with Gasteiger partial charge in [0.05, 0.1) is 5.71 Å². The lowest BCUT2D eigenvalue weighted by Gasteiger charge is -2.15. The van der Waals surface area contributed by atoms with Gasteiger partial charge in [-0.3, -0.25) is 4.99 Å². The maximum Gasteiger partial charge on any atom is 0.0550 e. The minimum absolute atomic E-state index is 0.153. The molecule has 1 atom stereocenters. The first-order chi connectivity index (χ1) is 11.1. The maximum absolute atomic E-state index is 4.91. The molecule has 0 radical (unpaired) electrons. The zero-order chi connectivity index (χ0) is 17.1. The van der Waals surface area contributed by atoms with Crippen molar-refractivity contribution in [2.75, 3.05) is 0 Å². The van der Waals surface area contributed by atoms with Crippen LogP contribution in [0.15, 0.2) is 95.6 Å². The van der Waals surface area contributed by atoms with E-state index in [0.29, 0.717) is 0 Å². The quantitative estimate of drug-likeness (QED) is 0.263. The first-order valence-corrected chi connectivity index (χ1v) is 8.45. The Bertz CT molecular complexity index is 621. The highest BCUT2D eigenvalue weighted by atomic mass is 79.9. The van der Waals surface area contributed by atoms with Crippen LogP contribution >= 0.6 is 15.9 Å². The van der Waals surface area contributed by atoms with Crippen molar-refractivity contribution in [1.82, 2.24) is 0 Å². The van der Waals surface area contributed by atoms with Gasteiger partial charge in [-0.25, -0.2) is 0 Å². The van der Waals surface area contributed by atoms with Crippen LogP contribution in [-0.2, 0) is 0 Å². The number of benzene rings is 1. The third-order valence-electron chi connectivity index (χ3n) is 3.35. The monoisotopic (exact) mass is 369 g/mol. The van der Waals surface area contributed by atoms with Crippen molar-refractivity contribution in [3.8, 4) is 0 Å². The van der Waals surface area contributed by atoms with E-state index in [4.69, 9.17) is 4.99 Å². The molecule has 0 bridgehead atoms. The molecular weight excluding hydrogens is 346 g/mol.